The molecule has 1 N–H and O–H groups in total. The zero-order chi connectivity index (χ0) is 14.0. The molecule has 1 fully saturated rings. The summed E-state index contributed by atoms with van der Waals surface area (Å²) in [5.41, 5.74) is 0. The number of amides is 1. The molecule has 2 rings (SSSR count). The summed E-state index contributed by atoms with van der Waals surface area (Å²) in [6.45, 7) is 0.520. The Labute approximate surface area is 122 Å². The normalized spacial score (nSPS) is 20.7. The van der Waals surface area contributed by atoms with Gasteiger partial charge in [0.2, 0.25) is 5.91 Å². The number of hydrogen-bond donors (Lipinski definition) is 1. The van der Waals surface area contributed by atoms with Crippen LogP contribution in [0.4, 0.5) is 0 Å². The van der Waals surface area contributed by atoms with Crippen LogP contribution in [0, 0.1) is 0 Å². The number of hydrogen-bond acceptors (Lipinski definition) is 3. The monoisotopic (exact) mass is 321 g/mol. The van der Waals surface area contributed by atoms with Crippen molar-refractivity contribution in [2.24, 2.45) is 0 Å². The van der Waals surface area contributed by atoms with Crippen molar-refractivity contribution in [3.63, 3.8) is 0 Å². The fourth-order valence-electron chi connectivity index (χ4n) is 2.05. The summed E-state index contributed by atoms with van der Waals surface area (Å²) in [6, 6.07) is 4.21. The first-order valence-corrected chi connectivity index (χ1v) is 8.17. The van der Waals surface area contributed by atoms with E-state index in [-0.39, 0.29) is 22.2 Å². The molecule has 1 amide bonds. The maximum absolute atomic E-state index is 12.5. The molecule has 1 atom stereocenters. The third kappa shape index (κ3) is 3.22. The van der Waals surface area contributed by atoms with Crippen LogP contribution in [0.5, 0.6) is 0 Å². The Balaban J connectivity index is 2.35. The van der Waals surface area contributed by atoms with E-state index >= 15 is 0 Å². The zero-order valence-electron chi connectivity index (χ0n) is 10.0. The molecule has 1 unspecified atom stereocenters. The minimum Gasteiger partial charge on any atom is -0.356 e. The fraction of sp³-hybridized carbons (Fsp3) is 0.417. The van der Waals surface area contributed by atoms with E-state index < -0.39 is 15.1 Å². The highest BCUT2D eigenvalue weighted by Gasteiger charge is 2.31. The van der Waals surface area contributed by atoms with Crippen LogP contribution in [0.1, 0.15) is 19.3 Å². The van der Waals surface area contributed by atoms with Crippen LogP contribution in [0.15, 0.2) is 23.1 Å². The molecule has 0 aliphatic carbocycles. The summed E-state index contributed by atoms with van der Waals surface area (Å²) in [5, 5.41) is 2.47. The average Bonchev–Trinajstić information content (AvgIpc) is 2.57. The van der Waals surface area contributed by atoms with E-state index in [0.717, 1.165) is 0 Å². The third-order valence-electron chi connectivity index (χ3n) is 3.10. The Morgan fingerprint density at radius 2 is 1.95 bits per heavy atom. The van der Waals surface area contributed by atoms with Gasteiger partial charge in [0.05, 0.1) is 20.2 Å². The highest BCUT2D eigenvalue weighted by Crippen LogP contribution is 2.29. The lowest BCUT2D eigenvalue weighted by atomic mass is 10.2. The van der Waals surface area contributed by atoms with Gasteiger partial charge in [0.15, 0.2) is 9.84 Å². The second kappa shape index (κ2) is 5.69. The Hall–Kier alpha value is -0.780. The van der Waals surface area contributed by atoms with Crippen LogP contribution >= 0.6 is 23.2 Å². The molecule has 1 aliphatic rings. The second-order valence-electron chi connectivity index (χ2n) is 4.44. The van der Waals surface area contributed by atoms with E-state index in [9.17, 15) is 13.2 Å². The van der Waals surface area contributed by atoms with Crippen LogP contribution in [-0.2, 0) is 14.6 Å². The molecule has 7 heteroatoms. The van der Waals surface area contributed by atoms with Gasteiger partial charge < -0.3 is 5.32 Å². The van der Waals surface area contributed by atoms with Gasteiger partial charge >= 0.3 is 0 Å². The minimum atomic E-state index is -3.56. The van der Waals surface area contributed by atoms with Crippen molar-refractivity contribution >= 4 is 38.9 Å². The van der Waals surface area contributed by atoms with Crippen molar-refractivity contribution in [3.05, 3.63) is 28.2 Å². The molecule has 4 nitrogen and oxygen atoms in total. The van der Waals surface area contributed by atoms with E-state index in [1.807, 2.05) is 0 Å². The molecule has 0 spiro atoms. The lowest BCUT2D eigenvalue weighted by Gasteiger charge is -2.14. The van der Waals surface area contributed by atoms with Crippen LogP contribution in [0.3, 0.4) is 0 Å². The minimum absolute atomic E-state index is 0.0113. The van der Waals surface area contributed by atoms with E-state index in [4.69, 9.17) is 23.2 Å². The van der Waals surface area contributed by atoms with Crippen LogP contribution in [-0.4, -0.2) is 26.1 Å². The van der Waals surface area contributed by atoms with Gasteiger partial charge in [-0.2, -0.15) is 0 Å². The van der Waals surface area contributed by atoms with E-state index in [2.05, 4.69) is 5.32 Å². The number of halogens is 2. The van der Waals surface area contributed by atoms with Gasteiger partial charge in [-0.15, -0.1) is 0 Å². The van der Waals surface area contributed by atoms with Crippen LogP contribution in [0.2, 0.25) is 10.0 Å². The smallest absolute Gasteiger partial charge is 0.221 e. The molecule has 0 saturated carbocycles. The Morgan fingerprint density at radius 1 is 1.21 bits per heavy atom. The molecule has 1 aromatic carbocycles. The van der Waals surface area contributed by atoms with Crippen molar-refractivity contribution in [3.8, 4) is 0 Å². The van der Waals surface area contributed by atoms with Gasteiger partial charge in [-0.1, -0.05) is 23.2 Å². The zero-order valence-corrected chi connectivity index (χ0v) is 12.4. The average molecular weight is 322 g/mol. The molecule has 104 valence electrons. The van der Waals surface area contributed by atoms with Gasteiger partial charge in [0, 0.05) is 13.0 Å². The molecular weight excluding hydrogens is 309 g/mol. The van der Waals surface area contributed by atoms with Gasteiger partial charge in [-0.25, -0.2) is 8.42 Å². The molecule has 1 heterocycles. The number of rotatable bonds is 2. The van der Waals surface area contributed by atoms with Gasteiger partial charge in [0.25, 0.3) is 0 Å². The quantitative estimate of drug-likeness (QED) is 0.909. The van der Waals surface area contributed by atoms with E-state index in [1.54, 1.807) is 0 Å². The number of benzene rings is 1. The Bertz CT molecular complexity index is 601. The summed E-state index contributed by atoms with van der Waals surface area (Å²) < 4.78 is 24.9. The fourth-order valence-corrected chi connectivity index (χ4v) is 4.18. The first kappa shape index (κ1) is 14.6. The first-order chi connectivity index (χ1) is 8.91. The summed E-state index contributed by atoms with van der Waals surface area (Å²) in [6.07, 6.45) is 1.10. The number of sulfone groups is 1. The van der Waals surface area contributed by atoms with Crippen molar-refractivity contribution in [1.82, 2.24) is 5.32 Å². The van der Waals surface area contributed by atoms with Crippen molar-refractivity contribution in [1.29, 1.82) is 0 Å². The van der Waals surface area contributed by atoms with Crippen LogP contribution in [0.25, 0.3) is 0 Å². The second-order valence-corrected chi connectivity index (χ2v) is 7.48. The van der Waals surface area contributed by atoms with Gasteiger partial charge in [0.1, 0.15) is 0 Å². The summed E-state index contributed by atoms with van der Waals surface area (Å²) in [4.78, 5) is 11.6. The van der Waals surface area contributed by atoms with E-state index in [0.29, 0.717) is 24.4 Å². The number of carbonyl (C=O) groups is 1. The SMILES string of the molecule is O=C1CC(S(=O)(=O)c2ccc(Cl)c(Cl)c2)CCCN1. The lowest BCUT2D eigenvalue weighted by Crippen LogP contribution is -2.27. The molecule has 1 aromatic rings. The number of nitrogens with one attached hydrogen (secondary N) is 1. The van der Waals surface area contributed by atoms with Gasteiger partial charge in [-0.05, 0) is 31.0 Å². The summed E-state index contributed by atoms with van der Waals surface area (Å²) in [5.74, 6) is -0.230. The standard InChI is InChI=1S/C12H13Cl2NO3S/c13-10-4-3-9(6-11(10)14)19(17,18)8-2-1-5-15-12(16)7-8/h3-4,6,8H,1-2,5,7H2,(H,15,16). The van der Waals surface area contributed by atoms with Crippen molar-refractivity contribution in [2.45, 2.75) is 29.4 Å². The molecule has 1 saturated heterocycles. The molecule has 19 heavy (non-hydrogen) atoms. The predicted octanol–water partition coefficient (Wildman–Crippen LogP) is 2.44. The summed E-state index contributed by atoms with van der Waals surface area (Å²) >= 11 is 11.6. The largest absolute Gasteiger partial charge is 0.356 e. The van der Waals surface area contributed by atoms with Crippen molar-refractivity contribution < 1.29 is 13.2 Å². The third-order valence-corrected chi connectivity index (χ3v) is 6.03. The highest BCUT2D eigenvalue weighted by molar-refractivity contribution is 7.92. The Kier molecular flexibility index (Phi) is 4.38. The lowest BCUT2D eigenvalue weighted by molar-refractivity contribution is -0.120. The molecule has 0 radical (unpaired) electrons. The predicted molar refractivity (Wildman–Crippen MR) is 74.3 cm³/mol. The topological polar surface area (TPSA) is 63.2 Å². The summed E-state index contributed by atoms with van der Waals surface area (Å²) in [7, 11) is -3.56. The molecule has 0 aromatic heterocycles. The first-order valence-electron chi connectivity index (χ1n) is 5.87. The Morgan fingerprint density at radius 3 is 2.63 bits per heavy atom. The van der Waals surface area contributed by atoms with Crippen LogP contribution < -0.4 is 5.32 Å². The maximum Gasteiger partial charge on any atom is 0.221 e. The molecule has 1 aliphatic heterocycles. The maximum atomic E-state index is 12.5. The molecular formula is C12H13Cl2NO3S. The van der Waals surface area contributed by atoms with Gasteiger partial charge in [-0.3, -0.25) is 4.79 Å². The molecule has 0 bridgehead atoms. The van der Waals surface area contributed by atoms with E-state index in [1.165, 1.54) is 18.2 Å². The highest BCUT2D eigenvalue weighted by atomic mass is 35.5. The van der Waals surface area contributed by atoms with Crippen molar-refractivity contribution in [2.75, 3.05) is 6.54 Å². The number of carbonyl (C=O) groups excluding carboxylic acids is 1.